The molecule has 7 heteroatoms. The predicted octanol–water partition coefficient (Wildman–Crippen LogP) is 3.47. The maximum Gasteiger partial charge on any atom is 0.191 e. The highest BCUT2D eigenvalue weighted by Gasteiger charge is 2.09. The van der Waals surface area contributed by atoms with Gasteiger partial charge in [-0.15, -0.1) is 10.2 Å². The number of fused-ring (bicyclic) bond motifs is 1. The van der Waals surface area contributed by atoms with Crippen molar-refractivity contribution in [3.05, 3.63) is 59.5 Å². The molecule has 0 fully saturated rings. The third kappa shape index (κ3) is 5.47. The van der Waals surface area contributed by atoms with Gasteiger partial charge in [-0.25, -0.2) is 4.99 Å². The van der Waals surface area contributed by atoms with E-state index < -0.39 is 0 Å². The summed E-state index contributed by atoms with van der Waals surface area (Å²) in [4.78, 5) is 4.74. The van der Waals surface area contributed by atoms with Crippen LogP contribution in [0.2, 0.25) is 0 Å². The van der Waals surface area contributed by atoms with Crippen LogP contribution in [0.3, 0.4) is 0 Å². The molecule has 29 heavy (non-hydrogen) atoms. The van der Waals surface area contributed by atoms with Crippen LogP contribution < -0.4 is 15.4 Å². The molecular formula is C22H30N6O. The van der Waals surface area contributed by atoms with Crippen molar-refractivity contribution in [2.24, 2.45) is 4.99 Å². The van der Waals surface area contributed by atoms with Crippen LogP contribution in [0.25, 0.3) is 5.65 Å². The van der Waals surface area contributed by atoms with Crippen LogP contribution in [0.4, 0.5) is 0 Å². The molecule has 0 amide bonds. The smallest absolute Gasteiger partial charge is 0.191 e. The van der Waals surface area contributed by atoms with Gasteiger partial charge in [-0.1, -0.05) is 25.1 Å². The minimum atomic E-state index is 0.173. The SMILES string of the molecule is CCNC(=NCc1ccc(C)cc1OC(C)CC)NCc1nnc2ccccn12. The number of pyridine rings is 1. The highest BCUT2D eigenvalue weighted by Crippen LogP contribution is 2.23. The second-order valence-corrected chi connectivity index (χ2v) is 7.04. The van der Waals surface area contributed by atoms with Crippen LogP contribution in [0.15, 0.2) is 47.6 Å². The summed E-state index contributed by atoms with van der Waals surface area (Å²) < 4.78 is 8.07. The lowest BCUT2D eigenvalue weighted by atomic mass is 10.1. The molecule has 1 atom stereocenters. The third-order valence-electron chi connectivity index (χ3n) is 4.68. The summed E-state index contributed by atoms with van der Waals surface area (Å²) in [5.74, 6) is 2.47. The topological polar surface area (TPSA) is 75.8 Å². The van der Waals surface area contributed by atoms with Crippen molar-refractivity contribution in [2.45, 2.75) is 53.3 Å². The first kappa shape index (κ1) is 20.6. The number of hydrogen-bond donors (Lipinski definition) is 2. The zero-order valence-corrected chi connectivity index (χ0v) is 17.6. The molecule has 2 heterocycles. The molecule has 0 radical (unpaired) electrons. The van der Waals surface area contributed by atoms with E-state index in [1.54, 1.807) is 0 Å². The number of nitrogens with zero attached hydrogens (tertiary/aromatic N) is 4. The van der Waals surface area contributed by atoms with Crippen molar-refractivity contribution in [1.29, 1.82) is 0 Å². The van der Waals surface area contributed by atoms with Gasteiger partial charge in [0.15, 0.2) is 17.4 Å². The van der Waals surface area contributed by atoms with Gasteiger partial charge in [0.25, 0.3) is 0 Å². The van der Waals surface area contributed by atoms with Crippen molar-refractivity contribution in [2.75, 3.05) is 6.54 Å². The number of guanidine groups is 1. The summed E-state index contributed by atoms with van der Waals surface area (Å²) in [5.41, 5.74) is 3.08. The number of aromatic nitrogens is 3. The fourth-order valence-electron chi connectivity index (χ4n) is 2.88. The number of aliphatic imine (C=N–C) groups is 1. The van der Waals surface area contributed by atoms with Gasteiger partial charge >= 0.3 is 0 Å². The Morgan fingerprint density at radius 3 is 2.83 bits per heavy atom. The van der Waals surface area contributed by atoms with E-state index in [0.717, 1.165) is 41.7 Å². The summed E-state index contributed by atoms with van der Waals surface area (Å²) >= 11 is 0. The Kier molecular flexibility index (Phi) is 7.05. The number of rotatable bonds is 8. The van der Waals surface area contributed by atoms with E-state index in [9.17, 15) is 0 Å². The number of aryl methyl sites for hydroxylation is 1. The molecule has 3 aromatic rings. The van der Waals surface area contributed by atoms with Crippen molar-refractivity contribution in [3.8, 4) is 5.75 Å². The van der Waals surface area contributed by atoms with Gasteiger partial charge in [0.1, 0.15) is 5.75 Å². The maximum atomic E-state index is 6.10. The van der Waals surface area contributed by atoms with Gasteiger partial charge in [0.2, 0.25) is 0 Å². The Balaban J connectivity index is 1.72. The summed E-state index contributed by atoms with van der Waals surface area (Å²) in [6, 6.07) is 12.1. The maximum absolute atomic E-state index is 6.10. The highest BCUT2D eigenvalue weighted by molar-refractivity contribution is 5.79. The minimum absolute atomic E-state index is 0.173. The van der Waals surface area contributed by atoms with Crippen molar-refractivity contribution in [3.63, 3.8) is 0 Å². The summed E-state index contributed by atoms with van der Waals surface area (Å²) in [5, 5.41) is 15.1. The molecule has 0 saturated heterocycles. The number of ether oxygens (including phenoxy) is 1. The van der Waals surface area contributed by atoms with Crippen LogP contribution in [0.1, 0.15) is 44.1 Å². The van der Waals surface area contributed by atoms with E-state index in [2.05, 4.69) is 59.8 Å². The largest absolute Gasteiger partial charge is 0.490 e. The second-order valence-electron chi connectivity index (χ2n) is 7.04. The molecule has 3 rings (SSSR count). The van der Waals surface area contributed by atoms with Crippen LogP contribution in [-0.2, 0) is 13.1 Å². The Hall–Kier alpha value is -3.09. The fourth-order valence-corrected chi connectivity index (χ4v) is 2.88. The van der Waals surface area contributed by atoms with Crippen molar-refractivity contribution < 1.29 is 4.74 Å². The summed E-state index contributed by atoms with van der Waals surface area (Å²) in [6.07, 6.45) is 3.10. The lowest BCUT2D eigenvalue weighted by Crippen LogP contribution is -2.37. The highest BCUT2D eigenvalue weighted by atomic mass is 16.5. The van der Waals surface area contributed by atoms with E-state index in [-0.39, 0.29) is 6.10 Å². The lowest BCUT2D eigenvalue weighted by molar-refractivity contribution is 0.215. The number of nitrogens with one attached hydrogen (secondary N) is 2. The standard InChI is InChI=1S/C22H30N6O/c1-5-17(4)29-19-13-16(3)10-11-18(19)14-24-22(23-6-2)25-15-21-27-26-20-9-7-8-12-28(20)21/h7-13,17H,5-6,14-15H2,1-4H3,(H2,23,24,25). The van der Waals surface area contributed by atoms with Crippen LogP contribution in [0, 0.1) is 6.92 Å². The molecule has 0 bridgehead atoms. The van der Waals surface area contributed by atoms with E-state index >= 15 is 0 Å². The van der Waals surface area contributed by atoms with Crippen LogP contribution >= 0.6 is 0 Å². The van der Waals surface area contributed by atoms with E-state index in [4.69, 9.17) is 9.73 Å². The third-order valence-corrected chi connectivity index (χ3v) is 4.68. The Labute approximate surface area is 172 Å². The monoisotopic (exact) mass is 394 g/mol. The van der Waals surface area contributed by atoms with E-state index in [1.165, 1.54) is 5.56 Å². The van der Waals surface area contributed by atoms with Gasteiger partial charge in [0.05, 0.1) is 19.2 Å². The molecule has 0 aliphatic rings. The number of benzene rings is 1. The molecular weight excluding hydrogens is 364 g/mol. The Morgan fingerprint density at radius 1 is 1.17 bits per heavy atom. The fraction of sp³-hybridized carbons (Fsp3) is 0.409. The Morgan fingerprint density at radius 2 is 2.03 bits per heavy atom. The van der Waals surface area contributed by atoms with Crippen LogP contribution in [-0.4, -0.2) is 33.2 Å². The van der Waals surface area contributed by atoms with Gasteiger partial charge < -0.3 is 15.4 Å². The molecule has 1 unspecified atom stereocenters. The van der Waals surface area contributed by atoms with Crippen LogP contribution in [0.5, 0.6) is 5.75 Å². The lowest BCUT2D eigenvalue weighted by Gasteiger charge is -2.17. The van der Waals surface area contributed by atoms with Crippen molar-refractivity contribution >= 4 is 11.6 Å². The molecule has 2 aromatic heterocycles. The van der Waals surface area contributed by atoms with E-state index in [1.807, 2.05) is 35.7 Å². The average molecular weight is 395 g/mol. The predicted molar refractivity (Wildman–Crippen MR) is 116 cm³/mol. The molecule has 2 N–H and O–H groups in total. The number of hydrogen-bond acceptors (Lipinski definition) is 4. The molecule has 154 valence electrons. The van der Waals surface area contributed by atoms with Gasteiger partial charge in [-0.2, -0.15) is 0 Å². The minimum Gasteiger partial charge on any atom is -0.490 e. The molecule has 0 aliphatic carbocycles. The summed E-state index contributed by atoms with van der Waals surface area (Å²) in [7, 11) is 0. The van der Waals surface area contributed by atoms with Gasteiger partial charge in [-0.3, -0.25) is 4.40 Å². The molecule has 0 spiro atoms. The molecule has 1 aromatic carbocycles. The second kappa shape index (κ2) is 9.91. The van der Waals surface area contributed by atoms with Gasteiger partial charge in [-0.05, 0) is 51.0 Å². The quantitative estimate of drug-likeness (QED) is 0.452. The van der Waals surface area contributed by atoms with Gasteiger partial charge in [0, 0.05) is 18.3 Å². The molecule has 7 nitrogen and oxygen atoms in total. The van der Waals surface area contributed by atoms with Crippen molar-refractivity contribution in [1.82, 2.24) is 25.2 Å². The normalized spacial score (nSPS) is 12.8. The first-order valence-electron chi connectivity index (χ1n) is 10.2. The zero-order chi connectivity index (χ0) is 20.6. The average Bonchev–Trinajstić information content (AvgIpc) is 3.14. The zero-order valence-electron chi connectivity index (χ0n) is 17.6. The first-order chi connectivity index (χ1) is 14.1. The Bertz CT molecular complexity index is 965. The molecule has 0 aliphatic heterocycles. The molecule has 0 saturated carbocycles. The first-order valence-corrected chi connectivity index (χ1v) is 10.2. The van der Waals surface area contributed by atoms with E-state index in [0.29, 0.717) is 13.1 Å². The summed E-state index contributed by atoms with van der Waals surface area (Å²) in [6.45, 7) is 10.2.